The predicted molar refractivity (Wildman–Crippen MR) is 87.5 cm³/mol. The van der Waals surface area contributed by atoms with Gasteiger partial charge in [0, 0.05) is 11.1 Å². The number of benzene rings is 1. The molecule has 0 fully saturated rings. The van der Waals surface area contributed by atoms with E-state index < -0.39 is 9.84 Å². The summed E-state index contributed by atoms with van der Waals surface area (Å²) in [6.07, 6.45) is 1.20. The number of hydrogen-bond donors (Lipinski definition) is 1. The maximum atomic E-state index is 11.5. The van der Waals surface area contributed by atoms with Gasteiger partial charge < -0.3 is 5.32 Å². The van der Waals surface area contributed by atoms with Crippen LogP contribution in [0.5, 0.6) is 0 Å². The van der Waals surface area contributed by atoms with E-state index in [0.717, 1.165) is 14.2 Å². The number of thiophene rings is 1. The molecule has 20 heavy (non-hydrogen) atoms. The quantitative estimate of drug-likeness (QED) is 0.856. The van der Waals surface area contributed by atoms with Crippen LogP contribution >= 0.6 is 38.9 Å². The minimum atomic E-state index is -3.17. The van der Waals surface area contributed by atoms with Gasteiger partial charge in [-0.3, -0.25) is 0 Å². The Bertz CT molecular complexity index is 691. The molecule has 0 aliphatic carbocycles. The molecular weight excluding hydrogens is 382 g/mol. The predicted octanol–water partition coefficient (Wildman–Crippen LogP) is 3.88. The summed E-state index contributed by atoms with van der Waals surface area (Å²) in [5.41, 5.74) is 0.991. The van der Waals surface area contributed by atoms with Crippen LogP contribution in [0.25, 0.3) is 0 Å². The molecule has 3 nitrogen and oxygen atoms in total. The molecule has 2 rings (SSSR count). The SMILES string of the molecule is CNC(c1ccc(S(C)(=O)=O)cc1)c1cc(Cl)c(Br)s1. The molecule has 1 N–H and O–H groups in total. The lowest BCUT2D eigenvalue weighted by atomic mass is 10.1. The van der Waals surface area contributed by atoms with Crippen molar-refractivity contribution in [1.29, 1.82) is 0 Å². The van der Waals surface area contributed by atoms with Crippen LogP contribution in [0.15, 0.2) is 39.0 Å². The molecule has 0 amide bonds. The molecule has 2 aromatic rings. The Kier molecular flexibility index (Phi) is 4.92. The van der Waals surface area contributed by atoms with Crippen molar-refractivity contribution in [2.75, 3.05) is 13.3 Å². The second-order valence-corrected chi connectivity index (χ2v) is 9.16. The third-order valence-electron chi connectivity index (χ3n) is 2.88. The summed E-state index contributed by atoms with van der Waals surface area (Å²) in [6, 6.07) is 8.77. The van der Waals surface area contributed by atoms with Gasteiger partial charge in [-0.2, -0.15) is 0 Å². The second kappa shape index (κ2) is 6.15. The van der Waals surface area contributed by atoms with E-state index in [9.17, 15) is 8.42 Å². The summed E-state index contributed by atoms with van der Waals surface area (Å²) >= 11 is 11.0. The Labute approximate surface area is 136 Å². The highest BCUT2D eigenvalue weighted by atomic mass is 79.9. The van der Waals surface area contributed by atoms with Crippen molar-refractivity contribution in [2.45, 2.75) is 10.9 Å². The zero-order valence-electron chi connectivity index (χ0n) is 10.9. The number of hydrogen-bond acceptors (Lipinski definition) is 4. The summed E-state index contributed by atoms with van der Waals surface area (Å²) in [6.45, 7) is 0. The van der Waals surface area contributed by atoms with E-state index in [4.69, 9.17) is 11.6 Å². The third kappa shape index (κ3) is 3.43. The highest BCUT2D eigenvalue weighted by molar-refractivity contribution is 9.11. The highest BCUT2D eigenvalue weighted by Crippen LogP contribution is 2.37. The molecular formula is C13H13BrClNO2S2. The van der Waals surface area contributed by atoms with Crippen molar-refractivity contribution in [1.82, 2.24) is 5.32 Å². The molecule has 0 aliphatic rings. The van der Waals surface area contributed by atoms with Crippen LogP contribution in [0.1, 0.15) is 16.5 Å². The standard InChI is InChI=1S/C13H13BrClNO2S2/c1-16-12(11-7-10(15)13(14)19-11)8-3-5-9(6-4-8)20(2,17)18/h3-7,12,16H,1-2H3. The van der Waals surface area contributed by atoms with E-state index >= 15 is 0 Å². The van der Waals surface area contributed by atoms with Crippen LogP contribution < -0.4 is 5.32 Å². The molecule has 0 bridgehead atoms. The first-order chi connectivity index (χ1) is 9.32. The molecule has 0 saturated carbocycles. The van der Waals surface area contributed by atoms with Gasteiger partial charge in [0.15, 0.2) is 9.84 Å². The zero-order valence-corrected chi connectivity index (χ0v) is 14.8. The summed E-state index contributed by atoms with van der Waals surface area (Å²) in [7, 11) is -1.31. The van der Waals surface area contributed by atoms with E-state index in [-0.39, 0.29) is 6.04 Å². The van der Waals surface area contributed by atoms with Gasteiger partial charge in [0.2, 0.25) is 0 Å². The number of rotatable bonds is 4. The van der Waals surface area contributed by atoms with E-state index in [1.165, 1.54) is 6.26 Å². The second-order valence-electron chi connectivity index (χ2n) is 4.33. The summed E-state index contributed by atoms with van der Waals surface area (Å²) in [5, 5.41) is 3.89. The van der Waals surface area contributed by atoms with Crippen LogP contribution in [0.3, 0.4) is 0 Å². The van der Waals surface area contributed by atoms with Gasteiger partial charge in [0.05, 0.1) is 19.7 Å². The largest absolute Gasteiger partial charge is 0.309 e. The van der Waals surface area contributed by atoms with Crippen LogP contribution in [-0.2, 0) is 9.84 Å². The lowest BCUT2D eigenvalue weighted by molar-refractivity contribution is 0.601. The fraction of sp³-hybridized carbons (Fsp3) is 0.231. The van der Waals surface area contributed by atoms with Crippen LogP contribution in [-0.4, -0.2) is 21.7 Å². The van der Waals surface area contributed by atoms with Crippen molar-refractivity contribution >= 4 is 48.7 Å². The first-order valence-electron chi connectivity index (χ1n) is 5.75. The molecule has 1 unspecified atom stereocenters. The van der Waals surface area contributed by atoms with Crippen molar-refractivity contribution in [3.8, 4) is 0 Å². The van der Waals surface area contributed by atoms with Gasteiger partial charge in [0.1, 0.15) is 0 Å². The van der Waals surface area contributed by atoms with E-state index in [1.807, 2.05) is 25.2 Å². The smallest absolute Gasteiger partial charge is 0.175 e. The lowest BCUT2D eigenvalue weighted by Gasteiger charge is -2.15. The monoisotopic (exact) mass is 393 g/mol. The molecule has 0 saturated heterocycles. The van der Waals surface area contributed by atoms with E-state index in [2.05, 4.69) is 21.2 Å². The summed E-state index contributed by atoms with van der Waals surface area (Å²) in [4.78, 5) is 1.39. The highest BCUT2D eigenvalue weighted by Gasteiger charge is 2.17. The molecule has 0 radical (unpaired) electrons. The van der Waals surface area contributed by atoms with Crippen molar-refractivity contribution in [2.24, 2.45) is 0 Å². The molecule has 108 valence electrons. The van der Waals surface area contributed by atoms with Crippen molar-refractivity contribution in [3.63, 3.8) is 0 Å². The van der Waals surface area contributed by atoms with E-state index in [0.29, 0.717) is 9.92 Å². The topological polar surface area (TPSA) is 46.2 Å². The zero-order chi connectivity index (χ0) is 14.9. The van der Waals surface area contributed by atoms with Crippen molar-refractivity contribution in [3.05, 3.63) is 49.6 Å². The number of nitrogens with one attached hydrogen (secondary N) is 1. The van der Waals surface area contributed by atoms with Gasteiger partial charge in [-0.25, -0.2) is 8.42 Å². The Morgan fingerprint density at radius 3 is 2.30 bits per heavy atom. The maximum absolute atomic E-state index is 11.5. The Morgan fingerprint density at radius 2 is 1.90 bits per heavy atom. The average molecular weight is 395 g/mol. The van der Waals surface area contributed by atoms with Gasteiger partial charge in [0.25, 0.3) is 0 Å². The van der Waals surface area contributed by atoms with Crippen molar-refractivity contribution < 1.29 is 8.42 Å². The summed E-state index contributed by atoms with van der Waals surface area (Å²) < 4.78 is 23.8. The van der Waals surface area contributed by atoms with Crippen LogP contribution in [0.2, 0.25) is 5.02 Å². The minimum Gasteiger partial charge on any atom is -0.309 e. The molecule has 1 atom stereocenters. The number of sulfone groups is 1. The minimum absolute atomic E-state index is 0.0163. The number of halogens is 2. The fourth-order valence-electron chi connectivity index (χ4n) is 1.89. The fourth-order valence-corrected chi connectivity index (χ4v) is 4.40. The molecule has 0 aliphatic heterocycles. The van der Waals surface area contributed by atoms with Gasteiger partial charge >= 0.3 is 0 Å². The summed E-state index contributed by atoms with van der Waals surface area (Å²) in [5.74, 6) is 0. The first-order valence-corrected chi connectivity index (χ1v) is 9.63. The Hall–Kier alpha value is -0.400. The molecule has 1 aromatic heterocycles. The first kappa shape index (κ1) is 16.0. The lowest BCUT2D eigenvalue weighted by Crippen LogP contribution is -2.16. The molecule has 0 spiro atoms. The third-order valence-corrected chi connectivity index (χ3v) is 6.55. The average Bonchev–Trinajstić information content (AvgIpc) is 2.70. The molecule has 1 heterocycles. The molecule has 1 aromatic carbocycles. The Balaban J connectivity index is 2.37. The Morgan fingerprint density at radius 1 is 1.30 bits per heavy atom. The van der Waals surface area contributed by atoms with Gasteiger partial charge in [-0.1, -0.05) is 23.7 Å². The maximum Gasteiger partial charge on any atom is 0.175 e. The van der Waals surface area contributed by atoms with Gasteiger partial charge in [-0.15, -0.1) is 11.3 Å². The normalized spacial score (nSPS) is 13.4. The van der Waals surface area contributed by atoms with Crippen LogP contribution in [0.4, 0.5) is 0 Å². The van der Waals surface area contributed by atoms with Gasteiger partial charge in [-0.05, 0) is 46.7 Å². The van der Waals surface area contributed by atoms with E-state index in [1.54, 1.807) is 23.5 Å². The van der Waals surface area contributed by atoms with Crippen LogP contribution in [0, 0.1) is 0 Å². The molecule has 7 heteroatoms.